The van der Waals surface area contributed by atoms with Gasteiger partial charge in [-0.2, -0.15) is 0 Å². The molecule has 0 saturated heterocycles. The topological polar surface area (TPSA) is 37.3 Å². The van der Waals surface area contributed by atoms with Gasteiger partial charge in [-0.05, 0) is 34.5 Å². The van der Waals surface area contributed by atoms with Crippen LogP contribution in [-0.2, 0) is 6.42 Å². The molecule has 4 rings (SSSR count). The van der Waals surface area contributed by atoms with Gasteiger partial charge < -0.3 is 5.11 Å². The van der Waals surface area contributed by atoms with Gasteiger partial charge in [0.05, 0.1) is 0 Å². The smallest absolute Gasteiger partial charge is 0.189 e. The number of phenols is 1. The lowest BCUT2D eigenvalue weighted by Gasteiger charge is -2.01. The van der Waals surface area contributed by atoms with Gasteiger partial charge in [0.15, 0.2) is 5.78 Å². The summed E-state index contributed by atoms with van der Waals surface area (Å²) in [5, 5.41) is 12.2. The summed E-state index contributed by atoms with van der Waals surface area (Å²) >= 11 is 0. The van der Waals surface area contributed by atoms with Crippen molar-refractivity contribution in [2.45, 2.75) is 6.42 Å². The number of aromatic hydroxyl groups is 1. The number of carbonyl (C=O) groups is 1. The average Bonchev–Trinajstić information content (AvgIpc) is 2.85. The van der Waals surface area contributed by atoms with Crippen molar-refractivity contribution in [1.29, 1.82) is 0 Å². The highest BCUT2D eigenvalue weighted by Gasteiger charge is 2.26. The second-order valence-electron chi connectivity index (χ2n) is 5.59. The van der Waals surface area contributed by atoms with E-state index in [9.17, 15) is 9.90 Å². The summed E-state index contributed by atoms with van der Waals surface area (Å²) in [5.41, 5.74) is 3.09. The van der Waals surface area contributed by atoms with Crippen LogP contribution in [0.15, 0.2) is 66.2 Å². The number of hydrogen-bond acceptors (Lipinski definition) is 2. The van der Waals surface area contributed by atoms with Gasteiger partial charge in [0.1, 0.15) is 5.75 Å². The fourth-order valence-electron chi connectivity index (χ4n) is 3.03. The van der Waals surface area contributed by atoms with E-state index in [1.165, 1.54) is 5.39 Å². The number of hydrogen-bond donors (Lipinski definition) is 1. The zero-order valence-corrected chi connectivity index (χ0v) is 11.9. The van der Waals surface area contributed by atoms with Crippen LogP contribution in [0.4, 0.5) is 0 Å². The lowest BCUT2D eigenvalue weighted by Crippen LogP contribution is -1.94. The molecule has 106 valence electrons. The van der Waals surface area contributed by atoms with E-state index in [4.69, 9.17) is 0 Å². The first-order valence-electron chi connectivity index (χ1n) is 7.27. The number of allylic oxidation sites excluding steroid dienone is 1. The van der Waals surface area contributed by atoms with E-state index in [2.05, 4.69) is 24.3 Å². The Morgan fingerprint density at radius 3 is 2.55 bits per heavy atom. The van der Waals surface area contributed by atoms with Crippen LogP contribution in [-0.4, -0.2) is 10.9 Å². The lowest BCUT2D eigenvalue weighted by molar-refractivity contribution is 0.104. The van der Waals surface area contributed by atoms with Crippen LogP contribution in [0.5, 0.6) is 5.75 Å². The molecule has 1 N–H and O–H groups in total. The first-order chi connectivity index (χ1) is 10.7. The zero-order chi connectivity index (χ0) is 15.1. The van der Waals surface area contributed by atoms with Crippen molar-refractivity contribution >= 4 is 22.6 Å². The molecule has 0 bridgehead atoms. The van der Waals surface area contributed by atoms with E-state index in [-0.39, 0.29) is 11.5 Å². The van der Waals surface area contributed by atoms with Gasteiger partial charge in [-0.25, -0.2) is 0 Å². The number of Topliss-reactive ketones (excluding diaryl/α,β-unsaturated/α-hetero) is 1. The molecule has 1 aliphatic carbocycles. The monoisotopic (exact) mass is 286 g/mol. The van der Waals surface area contributed by atoms with Crippen molar-refractivity contribution in [3.05, 3.63) is 82.9 Å². The second-order valence-corrected chi connectivity index (χ2v) is 5.59. The Hall–Kier alpha value is -2.87. The van der Waals surface area contributed by atoms with Crippen molar-refractivity contribution in [3.63, 3.8) is 0 Å². The minimum absolute atomic E-state index is 0.0130. The summed E-state index contributed by atoms with van der Waals surface area (Å²) in [7, 11) is 0. The molecule has 22 heavy (non-hydrogen) atoms. The van der Waals surface area contributed by atoms with Crippen molar-refractivity contribution < 1.29 is 9.90 Å². The number of fused-ring (bicyclic) bond motifs is 2. The van der Waals surface area contributed by atoms with Crippen molar-refractivity contribution in [1.82, 2.24) is 0 Å². The van der Waals surface area contributed by atoms with Gasteiger partial charge in [-0.1, -0.05) is 48.5 Å². The molecular formula is C20H14O2. The third-order valence-electron chi connectivity index (χ3n) is 4.17. The summed E-state index contributed by atoms with van der Waals surface area (Å²) in [4.78, 5) is 12.4. The maximum absolute atomic E-state index is 12.4. The fraction of sp³-hybridized carbons (Fsp3) is 0.0500. The average molecular weight is 286 g/mol. The van der Waals surface area contributed by atoms with Gasteiger partial charge in [-0.15, -0.1) is 0 Å². The molecule has 1 aliphatic rings. The minimum Gasteiger partial charge on any atom is -0.508 e. The lowest BCUT2D eigenvalue weighted by atomic mass is 10.0. The molecule has 3 aromatic rings. The molecular weight excluding hydrogens is 272 g/mol. The molecule has 0 atom stereocenters. The number of carbonyl (C=O) groups excluding carboxylic acids is 1. The van der Waals surface area contributed by atoms with Crippen LogP contribution in [0.2, 0.25) is 0 Å². The SMILES string of the molecule is O=C1/C(=C/c2ccc3ccccc3c2)Cc2c(O)cccc21. The molecule has 0 fully saturated rings. The van der Waals surface area contributed by atoms with Gasteiger partial charge in [0.2, 0.25) is 0 Å². The first-order valence-corrected chi connectivity index (χ1v) is 7.27. The molecule has 0 heterocycles. The van der Waals surface area contributed by atoms with Crippen LogP contribution in [0.1, 0.15) is 21.5 Å². The molecule has 0 radical (unpaired) electrons. The highest BCUT2D eigenvalue weighted by molar-refractivity contribution is 6.16. The molecule has 0 unspecified atom stereocenters. The summed E-state index contributed by atoms with van der Waals surface area (Å²) in [6, 6.07) is 19.4. The predicted octanol–water partition coefficient (Wildman–Crippen LogP) is 4.37. The van der Waals surface area contributed by atoms with Crippen LogP contribution in [0.3, 0.4) is 0 Å². The normalized spacial score (nSPS) is 15.5. The molecule has 0 aliphatic heterocycles. The van der Waals surface area contributed by atoms with Gasteiger partial charge >= 0.3 is 0 Å². The summed E-state index contributed by atoms with van der Waals surface area (Å²) in [5.74, 6) is 0.215. The van der Waals surface area contributed by atoms with Crippen LogP contribution in [0.25, 0.3) is 16.8 Å². The zero-order valence-electron chi connectivity index (χ0n) is 11.9. The van der Waals surface area contributed by atoms with Crippen LogP contribution < -0.4 is 0 Å². The van der Waals surface area contributed by atoms with E-state index in [1.54, 1.807) is 18.2 Å². The standard InChI is InChI=1S/C20H14O2/c21-19-7-3-6-17-18(19)12-16(20(17)22)11-13-8-9-14-4-1-2-5-15(14)10-13/h1-11,21H,12H2/b16-11+. The first kappa shape index (κ1) is 12.8. The largest absolute Gasteiger partial charge is 0.508 e. The number of benzene rings is 3. The minimum atomic E-state index is 0.0130. The molecule has 0 amide bonds. The highest BCUT2D eigenvalue weighted by Crippen LogP contribution is 2.33. The van der Waals surface area contributed by atoms with Crippen LogP contribution in [0, 0.1) is 0 Å². The molecule has 2 nitrogen and oxygen atoms in total. The third-order valence-corrected chi connectivity index (χ3v) is 4.17. The van der Waals surface area contributed by atoms with Gasteiger partial charge in [0, 0.05) is 23.1 Å². The molecule has 0 aromatic heterocycles. The van der Waals surface area contributed by atoms with E-state index >= 15 is 0 Å². The van der Waals surface area contributed by atoms with E-state index in [0.717, 1.165) is 22.1 Å². The number of phenolic OH excluding ortho intramolecular Hbond substituents is 1. The van der Waals surface area contributed by atoms with E-state index in [0.29, 0.717) is 12.0 Å². The Morgan fingerprint density at radius 1 is 0.909 bits per heavy atom. The summed E-state index contributed by atoms with van der Waals surface area (Å²) in [6.45, 7) is 0. The third kappa shape index (κ3) is 2.01. The highest BCUT2D eigenvalue weighted by atomic mass is 16.3. The van der Waals surface area contributed by atoms with Crippen molar-refractivity contribution in [3.8, 4) is 5.75 Å². The summed E-state index contributed by atoms with van der Waals surface area (Å²) in [6.07, 6.45) is 2.42. The summed E-state index contributed by atoms with van der Waals surface area (Å²) < 4.78 is 0. The number of rotatable bonds is 1. The Bertz CT molecular complexity index is 935. The Kier molecular flexibility index (Phi) is 2.83. The maximum atomic E-state index is 12.4. The Labute approximate surface area is 128 Å². The Morgan fingerprint density at radius 2 is 1.73 bits per heavy atom. The molecule has 0 saturated carbocycles. The predicted molar refractivity (Wildman–Crippen MR) is 88.1 cm³/mol. The second kappa shape index (κ2) is 4.85. The maximum Gasteiger partial charge on any atom is 0.189 e. The quantitative estimate of drug-likeness (QED) is 0.674. The van der Waals surface area contributed by atoms with Crippen LogP contribution >= 0.6 is 0 Å². The fourth-order valence-corrected chi connectivity index (χ4v) is 3.03. The Balaban J connectivity index is 1.77. The molecule has 2 heteroatoms. The van der Waals surface area contributed by atoms with Gasteiger partial charge in [-0.3, -0.25) is 4.79 Å². The molecule has 3 aromatic carbocycles. The van der Waals surface area contributed by atoms with E-state index in [1.807, 2.05) is 24.3 Å². The van der Waals surface area contributed by atoms with Crippen molar-refractivity contribution in [2.24, 2.45) is 0 Å². The van der Waals surface area contributed by atoms with Crippen molar-refractivity contribution in [2.75, 3.05) is 0 Å². The molecule has 0 spiro atoms. The number of ketones is 1. The van der Waals surface area contributed by atoms with E-state index < -0.39 is 0 Å². The van der Waals surface area contributed by atoms with Gasteiger partial charge in [0.25, 0.3) is 0 Å².